The van der Waals surface area contributed by atoms with Gasteiger partial charge in [0, 0.05) is 12.0 Å². The number of thioether (sulfide) groups is 1. The minimum Gasteiger partial charge on any atom is -0.387 e. The molecule has 7 heteroatoms. The van der Waals surface area contributed by atoms with Gasteiger partial charge in [-0.2, -0.15) is 11.8 Å². The van der Waals surface area contributed by atoms with Crippen LogP contribution in [0.2, 0.25) is 0 Å². The van der Waals surface area contributed by atoms with Crippen LogP contribution in [-0.4, -0.2) is 27.6 Å². The molecule has 0 saturated carbocycles. The number of hydrogen-bond acceptors (Lipinski definition) is 5. The predicted molar refractivity (Wildman–Crippen MR) is 104 cm³/mol. The molecule has 2 aromatic rings. The Morgan fingerprint density at radius 1 is 1.33 bits per heavy atom. The Morgan fingerprint density at radius 3 is 2.81 bits per heavy atom. The first kappa shape index (κ1) is 19.5. The van der Waals surface area contributed by atoms with E-state index in [9.17, 15) is 13.6 Å². The molecule has 2 atom stereocenters. The number of carbonyl (C=O) groups excluding carboxylic acids is 1. The largest absolute Gasteiger partial charge is 0.387 e. The van der Waals surface area contributed by atoms with Crippen LogP contribution in [0.3, 0.4) is 0 Å². The van der Waals surface area contributed by atoms with E-state index in [1.807, 2.05) is 13.8 Å². The summed E-state index contributed by atoms with van der Waals surface area (Å²) in [7, 11) is 0. The van der Waals surface area contributed by atoms with Gasteiger partial charge in [-0.25, -0.2) is 8.78 Å². The second kappa shape index (κ2) is 7.76. The summed E-state index contributed by atoms with van der Waals surface area (Å²) in [6, 6.07) is 7.14. The average Bonchev–Trinajstić information content (AvgIpc) is 2.76. The monoisotopic (exact) mass is 389 g/mol. The summed E-state index contributed by atoms with van der Waals surface area (Å²) in [5, 5.41) is 0.0872. The highest BCUT2D eigenvalue weighted by Gasteiger charge is 2.32. The van der Waals surface area contributed by atoms with Gasteiger partial charge in [0.1, 0.15) is 23.2 Å². The van der Waals surface area contributed by atoms with E-state index in [2.05, 4.69) is 9.98 Å². The normalized spacial score (nSPS) is 22.8. The number of ketones is 1. The molecule has 0 bridgehead atoms. The molecule has 27 heavy (non-hydrogen) atoms. The number of rotatable bonds is 4. The highest BCUT2D eigenvalue weighted by atomic mass is 32.2. The van der Waals surface area contributed by atoms with Crippen molar-refractivity contribution in [1.29, 1.82) is 0 Å². The second-order valence-corrected chi connectivity index (χ2v) is 8.30. The molecular weight excluding hydrogens is 368 g/mol. The number of pyridine rings is 1. The van der Waals surface area contributed by atoms with Crippen LogP contribution in [0, 0.1) is 11.6 Å². The summed E-state index contributed by atoms with van der Waals surface area (Å²) >= 11 is 1.69. The summed E-state index contributed by atoms with van der Waals surface area (Å²) in [5.74, 6) is 0.176. The van der Waals surface area contributed by atoms with Gasteiger partial charge in [-0.1, -0.05) is 6.07 Å². The lowest BCUT2D eigenvalue weighted by Gasteiger charge is -2.26. The smallest absolute Gasteiger partial charge is 0.185 e. The Kier molecular flexibility index (Phi) is 5.60. The first-order valence-corrected chi connectivity index (χ1v) is 9.74. The predicted octanol–water partition coefficient (Wildman–Crippen LogP) is 3.88. The molecule has 1 aliphatic heterocycles. The molecule has 1 aromatic carbocycles. The van der Waals surface area contributed by atoms with Crippen LogP contribution in [0.5, 0.6) is 0 Å². The fourth-order valence-electron chi connectivity index (χ4n) is 3.06. The second-order valence-electron chi connectivity index (χ2n) is 6.85. The Hall–Kier alpha value is -2.28. The van der Waals surface area contributed by atoms with E-state index in [0.29, 0.717) is 23.4 Å². The number of aliphatic imine (C=N–C) groups is 1. The van der Waals surface area contributed by atoms with E-state index in [0.717, 1.165) is 11.9 Å². The first-order chi connectivity index (χ1) is 12.8. The van der Waals surface area contributed by atoms with Crippen molar-refractivity contribution in [3.63, 3.8) is 0 Å². The van der Waals surface area contributed by atoms with E-state index >= 15 is 0 Å². The number of benzene rings is 1. The Morgan fingerprint density at radius 2 is 2.11 bits per heavy atom. The van der Waals surface area contributed by atoms with Crippen molar-refractivity contribution in [3.8, 4) is 0 Å². The Bertz CT molecular complexity index is 885. The third-order valence-electron chi connectivity index (χ3n) is 4.74. The van der Waals surface area contributed by atoms with Gasteiger partial charge in [0.05, 0.1) is 17.0 Å². The molecule has 0 radical (unpaired) electrons. The number of nitrogens with zero attached hydrogens (tertiary/aromatic N) is 2. The van der Waals surface area contributed by atoms with Crippen LogP contribution in [0.4, 0.5) is 8.78 Å². The van der Waals surface area contributed by atoms with Crippen LogP contribution >= 0.6 is 11.8 Å². The number of aromatic nitrogens is 1. The fraction of sp³-hybridized carbons (Fsp3) is 0.350. The third kappa shape index (κ3) is 4.35. The SMILES string of the molecule is CC1SCC[C@@](C)(c2cc(CC(=O)c3ccc(F)cn3)ccc2F)N=C1N. The van der Waals surface area contributed by atoms with E-state index < -0.39 is 11.4 Å². The van der Waals surface area contributed by atoms with Crippen molar-refractivity contribution in [2.75, 3.05) is 5.75 Å². The van der Waals surface area contributed by atoms with Gasteiger partial charge < -0.3 is 5.73 Å². The average molecular weight is 389 g/mol. The third-order valence-corrected chi connectivity index (χ3v) is 5.92. The fourth-order valence-corrected chi connectivity index (χ4v) is 4.15. The molecule has 0 fully saturated rings. The van der Waals surface area contributed by atoms with Gasteiger partial charge in [-0.3, -0.25) is 14.8 Å². The van der Waals surface area contributed by atoms with Gasteiger partial charge in [0.25, 0.3) is 0 Å². The summed E-state index contributed by atoms with van der Waals surface area (Å²) in [6.07, 6.45) is 1.70. The highest BCUT2D eigenvalue weighted by molar-refractivity contribution is 8.00. The van der Waals surface area contributed by atoms with Crippen molar-refractivity contribution in [2.24, 2.45) is 10.7 Å². The lowest BCUT2D eigenvalue weighted by atomic mass is 9.87. The van der Waals surface area contributed by atoms with E-state index in [1.165, 1.54) is 18.2 Å². The van der Waals surface area contributed by atoms with Gasteiger partial charge >= 0.3 is 0 Å². The van der Waals surface area contributed by atoms with Crippen LogP contribution < -0.4 is 5.73 Å². The van der Waals surface area contributed by atoms with Crippen LogP contribution in [-0.2, 0) is 12.0 Å². The van der Waals surface area contributed by atoms with Crippen molar-refractivity contribution in [1.82, 2.24) is 4.98 Å². The van der Waals surface area contributed by atoms with Crippen molar-refractivity contribution in [2.45, 2.75) is 37.5 Å². The molecule has 0 saturated heterocycles. The molecule has 0 spiro atoms. The molecule has 4 nitrogen and oxygen atoms in total. The molecule has 142 valence electrons. The van der Waals surface area contributed by atoms with Crippen molar-refractivity contribution < 1.29 is 13.6 Å². The van der Waals surface area contributed by atoms with Crippen LogP contribution in [0.1, 0.15) is 41.9 Å². The first-order valence-electron chi connectivity index (χ1n) is 8.69. The van der Waals surface area contributed by atoms with Gasteiger partial charge in [0.15, 0.2) is 5.78 Å². The lowest BCUT2D eigenvalue weighted by Crippen LogP contribution is -2.28. The Labute approximate surface area is 161 Å². The zero-order valence-corrected chi connectivity index (χ0v) is 16.0. The molecule has 1 aliphatic rings. The van der Waals surface area contributed by atoms with E-state index in [1.54, 1.807) is 23.9 Å². The quantitative estimate of drug-likeness (QED) is 0.806. The summed E-state index contributed by atoms with van der Waals surface area (Å²) in [5.41, 5.74) is 6.54. The molecule has 2 heterocycles. The molecule has 2 N–H and O–H groups in total. The minimum atomic E-state index is -0.779. The van der Waals surface area contributed by atoms with Gasteiger partial charge in [0.2, 0.25) is 0 Å². The molecule has 0 amide bonds. The van der Waals surface area contributed by atoms with Crippen LogP contribution in [0.25, 0.3) is 0 Å². The van der Waals surface area contributed by atoms with E-state index in [4.69, 9.17) is 5.73 Å². The maximum atomic E-state index is 14.6. The maximum absolute atomic E-state index is 14.6. The van der Waals surface area contributed by atoms with Crippen molar-refractivity contribution in [3.05, 3.63) is 65.0 Å². The van der Waals surface area contributed by atoms with Gasteiger partial charge in [-0.05, 0) is 55.9 Å². The molecule has 1 unspecified atom stereocenters. The summed E-state index contributed by atoms with van der Waals surface area (Å²) in [6.45, 7) is 3.85. The molecule has 0 aliphatic carbocycles. The molecule has 1 aromatic heterocycles. The Balaban J connectivity index is 1.90. The summed E-state index contributed by atoms with van der Waals surface area (Å²) < 4.78 is 27.6. The standard InChI is InChI=1S/C20H21F2N3OS/c1-12-19(23)25-20(2,7-8-27-12)15-9-13(3-5-16(15)22)10-18(26)17-6-4-14(21)11-24-17/h3-6,9,11-12H,7-8,10H2,1-2H3,(H2,23,25)/t12?,20-/m0/s1. The number of carbonyl (C=O) groups is 1. The van der Waals surface area contributed by atoms with Crippen LogP contribution in [0.15, 0.2) is 41.5 Å². The summed E-state index contributed by atoms with van der Waals surface area (Å²) in [4.78, 5) is 20.8. The number of Topliss-reactive ketones (excluding diaryl/α,β-unsaturated/α-hetero) is 1. The number of hydrogen-bond donors (Lipinski definition) is 1. The number of amidine groups is 1. The number of nitrogens with two attached hydrogens (primary N) is 1. The van der Waals surface area contributed by atoms with E-state index in [-0.39, 0.29) is 29.0 Å². The number of halogens is 2. The lowest BCUT2D eigenvalue weighted by molar-refractivity contribution is 0.0988. The topological polar surface area (TPSA) is 68.3 Å². The van der Waals surface area contributed by atoms with Crippen molar-refractivity contribution >= 4 is 23.4 Å². The molecular formula is C20H21F2N3OS. The maximum Gasteiger partial charge on any atom is 0.185 e. The zero-order valence-electron chi connectivity index (χ0n) is 15.2. The van der Waals surface area contributed by atoms with Gasteiger partial charge in [-0.15, -0.1) is 0 Å². The zero-order chi connectivity index (χ0) is 19.6. The minimum absolute atomic E-state index is 0.0480. The molecule has 3 rings (SSSR count). The highest BCUT2D eigenvalue weighted by Crippen LogP contribution is 2.36.